The van der Waals surface area contributed by atoms with Crippen LogP contribution in [-0.4, -0.2) is 10.1 Å². The molecule has 1 aromatic heterocycles. The number of nitrogens with zero attached hydrogens (tertiary/aromatic N) is 2. The van der Waals surface area contributed by atoms with Gasteiger partial charge in [-0.15, -0.1) is 0 Å². The van der Waals surface area contributed by atoms with Crippen molar-refractivity contribution >= 4 is 28.9 Å². The summed E-state index contributed by atoms with van der Waals surface area (Å²) in [4.78, 5) is 4.35. The van der Waals surface area contributed by atoms with Gasteiger partial charge in [-0.2, -0.15) is 4.98 Å². The Balaban J connectivity index is 2.04. The fourth-order valence-corrected chi connectivity index (χ4v) is 2.41. The number of aryl methyl sites for hydroxylation is 1. The molecule has 3 rings (SSSR count). The largest absolute Gasteiger partial charge is 0.397 e. The van der Waals surface area contributed by atoms with Gasteiger partial charge in [0.05, 0.1) is 16.3 Å². The minimum atomic E-state index is 0.285. The third kappa shape index (κ3) is 2.73. The van der Waals surface area contributed by atoms with E-state index in [9.17, 15) is 0 Å². The minimum absolute atomic E-state index is 0.285. The van der Waals surface area contributed by atoms with Gasteiger partial charge in [0.15, 0.2) is 0 Å². The fourth-order valence-electron chi connectivity index (χ4n) is 1.91. The van der Waals surface area contributed by atoms with Crippen molar-refractivity contribution in [3.8, 4) is 22.8 Å². The number of aromatic nitrogens is 2. The second kappa shape index (κ2) is 5.39. The summed E-state index contributed by atoms with van der Waals surface area (Å²) in [7, 11) is 0. The molecule has 4 nitrogen and oxygen atoms in total. The SMILES string of the molecule is Cc1ccc(-c2noc(-c3cc(Cl)cc(Cl)c3N)n2)cc1. The Bertz CT molecular complexity index is 797. The van der Waals surface area contributed by atoms with Gasteiger partial charge in [0.1, 0.15) is 0 Å². The van der Waals surface area contributed by atoms with Crippen LogP contribution in [0.5, 0.6) is 0 Å². The molecule has 0 unspecified atom stereocenters. The highest BCUT2D eigenvalue weighted by Gasteiger charge is 2.15. The molecule has 2 N–H and O–H groups in total. The van der Waals surface area contributed by atoms with E-state index < -0.39 is 0 Å². The molecule has 0 aliphatic rings. The predicted octanol–water partition coefficient (Wildman–Crippen LogP) is 4.60. The predicted molar refractivity (Wildman–Crippen MR) is 84.3 cm³/mol. The van der Waals surface area contributed by atoms with Crippen molar-refractivity contribution in [1.82, 2.24) is 10.1 Å². The Kier molecular flexibility index (Phi) is 3.57. The maximum absolute atomic E-state index is 6.01. The van der Waals surface area contributed by atoms with Crippen molar-refractivity contribution in [1.29, 1.82) is 0 Å². The van der Waals surface area contributed by atoms with Gasteiger partial charge in [-0.05, 0) is 19.1 Å². The molecule has 1 heterocycles. The van der Waals surface area contributed by atoms with E-state index >= 15 is 0 Å². The molecule has 2 aromatic carbocycles. The lowest BCUT2D eigenvalue weighted by Gasteiger charge is -2.03. The van der Waals surface area contributed by atoms with Crippen molar-refractivity contribution in [3.05, 3.63) is 52.0 Å². The molecule has 0 atom stereocenters. The topological polar surface area (TPSA) is 64.9 Å². The molecule has 0 saturated heterocycles. The lowest BCUT2D eigenvalue weighted by Crippen LogP contribution is -1.92. The average Bonchev–Trinajstić information content (AvgIpc) is 2.93. The van der Waals surface area contributed by atoms with Gasteiger partial charge in [0, 0.05) is 10.6 Å². The number of hydrogen-bond donors (Lipinski definition) is 1. The second-order valence-corrected chi connectivity index (χ2v) is 5.48. The maximum Gasteiger partial charge on any atom is 0.260 e. The third-order valence-corrected chi connectivity index (χ3v) is 3.59. The zero-order valence-electron chi connectivity index (χ0n) is 11.1. The van der Waals surface area contributed by atoms with Crippen LogP contribution in [0.3, 0.4) is 0 Å². The Morgan fingerprint density at radius 1 is 1.10 bits per heavy atom. The molecule has 0 bridgehead atoms. The number of benzene rings is 2. The van der Waals surface area contributed by atoms with Crippen LogP contribution in [0.25, 0.3) is 22.8 Å². The van der Waals surface area contributed by atoms with Crippen molar-refractivity contribution < 1.29 is 4.52 Å². The zero-order valence-corrected chi connectivity index (χ0v) is 12.6. The van der Waals surface area contributed by atoms with E-state index in [1.165, 1.54) is 0 Å². The summed E-state index contributed by atoms with van der Waals surface area (Å²) in [5, 5.41) is 4.78. The van der Waals surface area contributed by atoms with Gasteiger partial charge in [0.2, 0.25) is 5.82 Å². The second-order valence-electron chi connectivity index (χ2n) is 4.64. The molecular weight excluding hydrogens is 309 g/mol. The molecule has 0 spiro atoms. The standard InChI is InChI=1S/C15H11Cl2N3O/c1-8-2-4-9(5-3-8)14-19-15(21-20-14)11-6-10(16)7-12(17)13(11)18/h2-7H,18H2,1H3. The quantitative estimate of drug-likeness (QED) is 0.701. The molecule has 0 saturated carbocycles. The van der Waals surface area contributed by atoms with Crippen molar-refractivity contribution in [2.75, 3.05) is 5.73 Å². The van der Waals surface area contributed by atoms with Gasteiger partial charge < -0.3 is 10.3 Å². The third-order valence-electron chi connectivity index (χ3n) is 3.06. The van der Waals surface area contributed by atoms with E-state index in [-0.39, 0.29) is 5.89 Å². The summed E-state index contributed by atoms with van der Waals surface area (Å²) >= 11 is 12.0. The van der Waals surface area contributed by atoms with Gasteiger partial charge in [-0.25, -0.2) is 0 Å². The average molecular weight is 320 g/mol. The molecule has 3 aromatic rings. The first-order valence-corrected chi connectivity index (χ1v) is 6.96. The van der Waals surface area contributed by atoms with Crippen LogP contribution in [0.4, 0.5) is 5.69 Å². The summed E-state index contributed by atoms with van der Waals surface area (Å²) in [5.41, 5.74) is 8.84. The lowest BCUT2D eigenvalue weighted by atomic mass is 10.1. The number of halogens is 2. The molecule has 0 radical (unpaired) electrons. The monoisotopic (exact) mass is 319 g/mol. The molecule has 0 amide bonds. The number of nitrogens with two attached hydrogens (primary N) is 1. The number of rotatable bonds is 2. The Morgan fingerprint density at radius 2 is 1.81 bits per heavy atom. The Morgan fingerprint density at radius 3 is 2.52 bits per heavy atom. The highest BCUT2D eigenvalue weighted by Crippen LogP contribution is 2.34. The summed E-state index contributed by atoms with van der Waals surface area (Å²) in [6, 6.07) is 11.0. The van der Waals surface area contributed by atoms with Crippen LogP contribution in [0, 0.1) is 6.92 Å². The fraction of sp³-hybridized carbons (Fsp3) is 0.0667. The summed E-state index contributed by atoms with van der Waals surface area (Å²) in [5.74, 6) is 0.771. The van der Waals surface area contributed by atoms with Crippen LogP contribution < -0.4 is 5.73 Å². The van der Waals surface area contributed by atoms with E-state index in [0.717, 1.165) is 11.1 Å². The first-order valence-electron chi connectivity index (χ1n) is 6.20. The lowest BCUT2D eigenvalue weighted by molar-refractivity contribution is 0.432. The molecule has 0 aliphatic carbocycles. The van der Waals surface area contributed by atoms with E-state index in [1.807, 2.05) is 31.2 Å². The first kappa shape index (κ1) is 13.9. The Hall–Kier alpha value is -2.04. The zero-order chi connectivity index (χ0) is 15.0. The highest BCUT2D eigenvalue weighted by atomic mass is 35.5. The minimum Gasteiger partial charge on any atom is -0.397 e. The van der Waals surface area contributed by atoms with Crippen LogP contribution in [0.15, 0.2) is 40.9 Å². The van der Waals surface area contributed by atoms with Crippen molar-refractivity contribution in [2.24, 2.45) is 0 Å². The summed E-state index contributed by atoms with van der Waals surface area (Å²) < 4.78 is 5.27. The van der Waals surface area contributed by atoms with Gasteiger partial charge in [-0.3, -0.25) is 0 Å². The Labute approximate surface area is 131 Å². The van der Waals surface area contributed by atoms with Crippen LogP contribution >= 0.6 is 23.2 Å². The van der Waals surface area contributed by atoms with E-state index in [2.05, 4.69) is 10.1 Å². The van der Waals surface area contributed by atoms with Gasteiger partial charge in [-0.1, -0.05) is 58.2 Å². The van der Waals surface area contributed by atoms with Crippen LogP contribution in [0.1, 0.15) is 5.56 Å². The van der Waals surface area contributed by atoms with E-state index in [0.29, 0.717) is 27.1 Å². The number of hydrogen-bond acceptors (Lipinski definition) is 4. The molecule has 6 heteroatoms. The smallest absolute Gasteiger partial charge is 0.260 e. The molecule has 106 valence electrons. The summed E-state index contributed by atoms with van der Waals surface area (Å²) in [6.07, 6.45) is 0. The molecule has 0 fully saturated rings. The first-order chi connectivity index (χ1) is 10.0. The highest BCUT2D eigenvalue weighted by molar-refractivity contribution is 6.37. The molecular formula is C15H11Cl2N3O. The molecule has 21 heavy (non-hydrogen) atoms. The van der Waals surface area contributed by atoms with Crippen molar-refractivity contribution in [3.63, 3.8) is 0 Å². The normalized spacial score (nSPS) is 10.8. The van der Waals surface area contributed by atoms with Gasteiger partial charge in [0.25, 0.3) is 5.89 Å². The molecule has 0 aliphatic heterocycles. The van der Waals surface area contributed by atoms with Crippen LogP contribution in [0.2, 0.25) is 10.0 Å². The summed E-state index contributed by atoms with van der Waals surface area (Å²) in [6.45, 7) is 2.01. The number of anilines is 1. The van der Waals surface area contributed by atoms with E-state index in [4.69, 9.17) is 33.5 Å². The van der Waals surface area contributed by atoms with Crippen LogP contribution in [-0.2, 0) is 0 Å². The van der Waals surface area contributed by atoms with Crippen molar-refractivity contribution in [2.45, 2.75) is 6.92 Å². The number of nitrogen functional groups attached to an aromatic ring is 1. The maximum atomic E-state index is 6.01. The van der Waals surface area contributed by atoms with Gasteiger partial charge >= 0.3 is 0 Å². The van der Waals surface area contributed by atoms with E-state index in [1.54, 1.807) is 12.1 Å².